The molecule has 2 aromatic rings. The fourth-order valence-electron chi connectivity index (χ4n) is 2.61. The van der Waals surface area contributed by atoms with Gasteiger partial charge in [0.1, 0.15) is 0 Å². The van der Waals surface area contributed by atoms with Crippen LogP contribution in [0.15, 0.2) is 40.7 Å². The van der Waals surface area contributed by atoms with Gasteiger partial charge in [0, 0.05) is 24.5 Å². The number of thiophene rings is 1. The zero-order chi connectivity index (χ0) is 18.6. The summed E-state index contributed by atoms with van der Waals surface area (Å²) in [6.07, 6.45) is 2.96. The minimum absolute atomic E-state index is 0. The van der Waals surface area contributed by atoms with Crippen LogP contribution in [0.5, 0.6) is 11.5 Å². The van der Waals surface area contributed by atoms with E-state index in [0.29, 0.717) is 0 Å². The maximum atomic E-state index is 5.36. The molecular weight excluding hydrogens is 473 g/mol. The lowest BCUT2D eigenvalue weighted by molar-refractivity contribution is 0.354. The number of nitrogens with zero attached hydrogens (tertiary/aromatic N) is 1. The zero-order valence-electron chi connectivity index (χ0n) is 16.3. The summed E-state index contributed by atoms with van der Waals surface area (Å²) < 4.78 is 10.6. The molecule has 0 amide bonds. The molecule has 7 heteroatoms. The van der Waals surface area contributed by atoms with Crippen molar-refractivity contribution in [1.82, 2.24) is 10.6 Å². The normalized spacial score (nSPS) is 10.9. The van der Waals surface area contributed by atoms with Gasteiger partial charge in [-0.15, -0.1) is 35.3 Å². The van der Waals surface area contributed by atoms with Crippen molar-refractivity contribution in [2.24, 2.45) is 4.99 Å². The van der Waals surface area contributed by atoms with Gasteiger partial charge < -0.3 is 20.1 Å². The molecule has 0 aliphatic rings. The number of benzene rings is 1. The van der Waals surface area contributed by atoms with E-state index in [1.54, 1.807) is 25.6 Å². The first-order valence-electron chi connectivity index (χ1n) is 9.02. The highest BCUT2D eigenvalue weighted by Crippen LogP contribution is 2.27. The van der Waals surface area contributed by atoms with Crippen molar-refractivity contribution in [3.05, 3.63) is 46.2 Å². The molecule has 2 N–H and O–H groups in total. The standard InChI is InChI=1S/C20H29N3O2S.HI/c1-4-21-20(23-13-11-17-8-6-14-26-17)22-12-5-7-16-9-10-18(24-2)19(15-16)25-3;/h6,8-10,14-15H,4-5,7,11-13H2,1-3H3,(H2,21,22,23);1H. The molecule has 0 atom stereocenters. The molecule has 0 bridgehead atoms. The van der Waals surface area contributed by atoms with E-state index in [9.17, 15) is 0 Å². The summed E-state index contributed by atoms with van der Waals surface area (Å²) >= 11 is 1.79. The Labute approximate surface area is 183 Å². The second kappa shape index (κ2) is 13.7. The summed E-state index contributed by atoms with van der Waals surface area (Å²) in [5, 5.41) is 8.81. The first kappa shape index (κ1) is 23.6. The predicted octanol–water partition coefficient (Wildman–Crippen LogP) is 4.11. The number of hydrogen-bond acceptors (Lipinski definition) is 4. The van der Waals surface area contributed by atoms with E-state index in [1.807, 2.05) is 12.1 Å². The number of rotatable bonds is 10. The summed E-state index contributed by atoms with van der Waals surface area (Å²) in [5.74, 6) is 2.42. The molecule has 0 saturated carbocycles. The lowest BCUT2D eigenvalue weighted by Gasteiger charge is -2.11. The van der Waals surface area contributed by atoms with Crippen LogP contribution in [-0.4, -0.2) is 39.8 Å². The lowest BCUT2D eigenvalue weighted by Crippen LogP contribution is -2.38. The van der Waals surface area contributed by atoms with Gasteiger partial charge in [0.05, 0.1) is 14.2 Å². The van der Waals surface area contributed by atoms with E-state index >= 15 is 0 Å². The van der Waals surface area contributed by atoms with Gasteiger partial charge >= 0.3 is 0 Å². The van der Waals surface area contributed by atoms with Crippen LogP contribution >= 0.6 is 35.3 Å². The third kappa shape index (κ3) is 8.38. The van der Waals surface area contributed by atoms with Crippen molar-refractivity contribution in [2.75, 3.05) is 33.9 Å². The molecular formula is C20H30IN3O2S. The van der Waals surface area contributed by atoms with Crippen LogP contribution in [0.25, 0.3) is 0 Å². The second-order valence-electron chi connectivity index (χ2n) is 5.81. The zero-order valence-corrected chi connectivity index (χ0v) is 19.4. The first-order valence-corrected chi connectivity index (χ1v) is 9.90. The highest BCUT2D eigenvalue weighted by Gasteiger charge is 2.04. The molecule has 0 fully saturated rings. The minimum atomic E-state index is 0. The fourth-order valence-corrected chi connectivity index (χ4v) is 3.32. The van der Waals surface area contributed by atoms with Gasteiger partial charge in [0.2, 0.25) is 0 Å². The van der Waals surface area contributed by atoms with Crippen LogP contribution in [0, 0.1) is 0 Å². The van der Waals surface area contributed by atoms with E-state index in [4.69, 9.17) is 9.47 Å². The van der Waals surface area contributed by atoms with Crippen molar-refractivity contribution in [3.63, 3.8) is 0 Å². The summed E-state index contributed by atoms with van der Waals surface area (Å²) in [6.45, 7) is 4.62. The Kier molecular flexibility index (Phi) is 11.9. The van der Waals surface area contributed by atoms with Crippen LogP contribution in [-0.2, 0) is 12.8 Å². The number of guanidine groups is 1. The van der Waals surface area contributed by atoms with Gasteiger partial charge in [-0.3, -0.25) is 4.99 Å². The van der Waals surface area contributed by atoms with Crippen LogP contribution in [0.4, 0.5) is 0 Å². The van der Waals surface area contributed by atoms with Gasteiger partial charge in [-0.25, -0.2) is 0 Å². The number of halogens is 1. The number of nitrogens with one attached hydrogen (secondary N) is 2. The van der Waals surface area contributed by atoms with Gasteiger partial charge in [0.15, 0.2) is 17.5 Å². The molecule has 0 saturated heterocycles. The molecule has 27 heavy (non-hydrogen) atoms. The molecule has 150 valence electrons. The summed E-state index contributed by atoms with van der Waals surface area (Å²) in [5.41, 5.74) is 1.23. The fraction of sp³-hybridized carbons (Fsp3) is 0.450. The molecule has 0 spiro atoms. The van der Waals surface area contributed by atoms with Crippen molar-refractivity contribution < 1.29 is 9.47 Å². The highest BCUT2D eigenvalue weighted by atomic mass is 127. The van der Waals surface area contributed by atoms with E-state index in [0.717, 1.165) is 56.4 Å². The number of aliphatic imine (C=N–C) groups is 1. The van der Waals surface area contributed by atoms with Crippen molar-refractivity contribution >= 4 is 41.3 Å². The maximum absolute atomic E-state index is 5.36. The molecule has 0 unspecified atom stereocenters. The van der Waals surface area contributed by atoms with Gasteiger partial charge in [-0.2, -0.15) is 0 Å². The number of hydrogen-bond donors (Lipinski definition) is 2. The number of aryl methyl sites for hydroxylation is 1. The summed E-state index contributed by atoms with van der Waals surface area (Å²) in [4.78, 5) is 6.06. The van der Waals surface area contributed by atoms with Crippen molar-refractivity contribution in [2.45, 2.75) is 26.2 Å². The Morgan fingerprint density at radius 1 is 1.07 bits per heavy atom. The third-order valence-corrected chi connectivity index (χ3v) is 4.87. The van der Waals surface area contributed by atoms with E-state index in [1.165, 1.54) is 10.4 Å². The van der Waals surface area contributed by atoms with Crippen LogP contribution < -0.4 is 20.1 Å². The van der Waals surface area contributed by atoms with E-state index < -0.39 is 0 Å². The Morgan fingerprint density at radius 3 is 2.56 bits per heavy atom. The van der Waals surface area contributed by atoms with Gasteiger partial charge in [0.25, 0.3) is 0 Å². The molecule has 2 rings (SSSR count). The third-order valence-electron chi connectivity index (χ3n) is 3.93. The highest BCUT2D eigenvalue weighted by molar-refractivity contribution is 14.0. The Hall–Kier alpha value is -1.48. The Bertz CT molecular complexity index is 678. The monoisotopic (exact) mass is 503 g/mol. The predicted molar refractivity (Wildman–Crippen MR) is 125 cm³/mol. The van der Waals surface area contributed by atoms with Crippen molar-refractivity contribution in [3.8, 4) is 11.5 Å². The molecule has 5 nitrogen and oxygen atoms in total. The second-order valence-corrected chi connectivity index (χ2v) is 6.84. The van der Waals surface area contributed by atoms with E-state index in [2.05, 4.69) is 46.1 Å². The van der Waals surface area contributed by atoms with Gasteiger partial charge in [-0.05, 0) is 55.3 Å². The largest absolute Gasteiger partial charge is 0.493 e. The number of methoxy groups -OCH3 is 2. The average Bonchev–Trinajstić information content (AvgIpc) is 3.18. The molecule has 0 radical (unpaired) electrons. The first-order chi connectivity index (χ1) is 12.8. The van der Waals surface area contributed by atoms with Crippen LogP contribution in [0.2, 0.25) is 0 Å². The average molecular weight is 503 g/mol. The Balaban J connectivity index is 0.00000364. The van der Waals surface area contributed by atoms with Gasteiger partial charge in [-0.1, -0.05) is 12.1 Å². The maximum Gasteiger partial charge on any atom is 0.191 e. The topological polar surface area (TPSA) is 54.9 Å². The number of ether oxygens (including phenoxy) is 2. The summed E-state index contributed by atoms with van der Waals surface area (Å²) in [7, 11) is 3.32. The van der Waals surface area contributed by atoms with Crippen molar-refractivity contribution in [1.29, 1.82) is 0 Å². The molecule has 1 aromatic heterocycles. The SMILES string of the molecule is CCNC(=NCCCc1ccc(OC)c(OC)c1)NCCc1cccs1.I. The quantitative estimate of drug-likeness (QED) is 0.222. The smallest absolute Gasteiger partial charge is 0.191 e. The molecule has 0 aliphatic heterocycles. The molecule has 1 heterocycles. The molecule has 1 aromatic carbocycles. The van der Waals surface area contributed by atoms with Crippen LogP contribution in [0.1, 0.15) is 23.8 Å². The summed E-state index contributed by atoms with van der Waals surface area (Å²) in [6, 6.07) is 10.3. The van der Waals surface area contributed by atoms with E-state index in [-0.39, 0.29) is 24.0 Å². The lowest BCUT2D eigenvalue weighted by atomic mass is 10.1. The Morgan fingerprint density at radius 2 is 1.89 bits per heavy atom. The minimum Gasteiger partial charge on any atom is -0.493 e. The van der Waals surface area contributed by atoms with Crippen LogP contribution in [0.3, 0.4) is 0 Å². The molecule has 0 aliphatic carbocycles.